The summed E-state index contributed by atoms with van der Waals surface area (Å²) in [5.74, 6) is -0.0456. The third kappa shape index (κ3) is 3.46. The van der Waals surface area contributed by atoms with E-state index < -0.39 is 5.41 Å². The highest BCUT2D eigenvalue weighted by molar-refractivity contribution is 5.87. The van der Waals surface area contributed by atoms with Crippen molar-refractivity contribution in [3.8, 4) is 0 Å². The molecule has 0 saturated carbocycles. The molecule has 17 heavy (non-hydrogen) atoms. The second kappa shape index (κ2) is 5.68. The SMILES string of the molecule is CC(C)(C(=O)NCCCO)c1ccc(N)cc1. The Morgan fingerprint density at radius 2 is 1.94 bits per heavy atom. The standard InChI is InChI=1S/C13H20N2O2/c1-13(2,12(17)15-8-3-9-16)10-4-6-11(14)7-5-10/h4-7,16H,3,8-9,14H2,1-2H3,(H,15,17). The van der Waals surface area contributed by atoms with E-state index in [9.17, 15) is 4.79 Å². The van der Waals surface area contributed by atoms with E-state index in [4.69, 9.17) is 10.8 Å². The third-order valence-electron chi connectivity index (χ3n) is 2.82. The van der Waals surface area contributed by atoms with Crippen LogP contribution in [0.3, 0.4) is 0 Å². The van der Waals surface area contributed by atoms with Crippen LogP contribution in [-0.2, 0) is 10.2 Å². The number of aliphatic hydroxyl groups is 1. The quantitative estimate of drug-likeness (QED) is 0.528. The number of carbonyl (C=O) groups is 1. The number of amides is 1. The Labute approximate surface area is 102 Å². The van der Waals surface area contributed by atoms with Crippen LogP contribution in [0.4, 0.5) is 5.69 Å². The van der Waals surface area contributed by atoms with E-state index in [1.165, 1.54) is 0 Å². The maximum atomic E-state index is 12.0. The molecular weight excluding hydrogens is 216 g/mol. The van der Waals surface area contributed by atoms with Gasteiger partial charge < -0.3 is 16.2 Å². The van der Waals surface area contributed by atoms with Crippen LogP contribution in [0, 0.1) is 0 Å². The molecule has 1 rings (SSSR count). The highest BCUT2D eigenvalue weighted by Crippen LogP contribution is 2.24. The molecule has 0 aromatic heterocycles. The molecule has 0 heterocycles. The average molecular weight is 236 g/mol. The molecule has 0 fully saturated rings. The predicted octanol–water partition coefficient (Wildman–Crippen LogP) is 1.04. The molecule has 0 aliphatic heterocycles. The van der Waals surface area contributed by atoms with Gasteiger partial charge >= 0.3 is 0 Å². The monoisotopic (exact) mass is 236 g/mol. The summed E-state index contributed by atoms with van der Waals surface area (Å²) in [6.45, 7) is 4.32. The molecule has 4 heteroatoms. The van der Waals surface area contributed by atoms with Gasteiger partial charge in [-0.2, -0.15) is 0 Å². The number of nitrogens with one attached hydrogen (secondary N) is 1. The molecule has 4 N–H and O–H groups in total. The number of benzene rings is 1. The Hall–Kier alpha value is -1.55. The highest BCUT2D eigenvalue weighted by atomic mass is 16.3. The first-order valence-corrected chi connectivity index (χ1v) is 5.73. The average Bonchev–Trinajstić information content (AvgIpc) is 2.29. The van der Waals surface area contributed by atoms with Crippen LogP contribution < -0.4 is 11.1 Å². The van der Waals surface area contributed by atoms with Gasteiger partial charge in [-0.3, -0.25) is 4.79 Å². The number of nitrogen functional groups attached to an aromatic ring is 1. The Morgan fingerprint density at radius 3 is 2.47 bits per heavy atom. The fourth-order valence-corrected chi connectivity index (χ4v) is 1.53. The van der Waals surface area contributed by atoms with Gasteiger partial charge in [0.15, 0.2) is 0 Å². The van der Waals surface area contributed by atoms with Gasteiger partial charge in [0.05, 0.1) is 5.41 Å². The van der Waals surface area contributed by atoms with E-state index in [-0.39, 0.29) is 12.5 Å². The normalized spacial score (nSPS) is 11.2. The summed E-state index contributed by atoms with van der Waals surface area (Å²) in [7, 11) is 0. The minimum atomic E-state index is -0.594. The number of nitrogens with two attached hydrogens (primary N) is 1. The molecule has 94 valence electrons. The van der Waals surface area contributed by atoms with Crippen molar-refractivity contribution in [2.24, 2.45) is 0 Å². The first-order valence-electron chi connectivity index (χ1n) is 5.73. The summed E-state index contributed by atoms with van der Waals surface area (Å²) in [6.07, 6.45) is 0.573. The number of hydrogen-bond donors (Lipinski definition) is 3. The lowest BCUT2D eigenvalue weighted by Gasteiger charge is -2.24. The van der Waals surface area contributed by atoms with E-state index in [0.717, 1.165) is 5.56 Å². The van der Waals surface area contributed by atoms with Crippen LogP contribution in [0.2, 0.25) is 0 Å². The Bertz CT molecular complexity index is 372. The molecule has 1 aromatic carbocycles. The van der Waals surface area contributed by atoms with E-state index >= 15 is 0 Å². The number of hydrogen-bond acceptors (Lipinski definition) is 3. The van der Waals surface area contributed by atoms with E-state index in [1.54, 1.807) is 12.1 Å². The topological polar surface area (TPSA) is 75.3 Å². The molecule has 1 amide bonds. The molecule has 4 nitrogen and oxygen atoms in total. The Morgan fingerprint density at radius 1 is 1.35 bits per heavy atom. The predicted molar refractivity (Wildman–Crippen MR) is 68.6 cm³/mol. The zero-order valence-electron chi connectivity index (χ0n) is 10.4. The molecule has 0 atom stereocenters. The van der Waals surface area contributed by atoms with Crippen molar-refractivity contribution >= 4 is 11.6 Å². The van der Waals surface area contributed by atoms with Crippen molar-refractivity contribution in [1.29, 1.82) is 0 Å². The smallest absolute Gasteiger partial charge is 0.230 e. The van der Waals surface area contributed by atoms with Gasteiger partial charge in [-0.1, -0.05) is 12.1 Å². The van der Waals surface area contributed by atoms with E-state index in [1.807, 2.05) is 26.0 Å². The number of rotatable bonds is 5. The van der Waals surface area contributed by atoms with E-state index in [2.05, 4.69) is 5.32 Å². The minimum Gasteiger partial charge on any atom is -0.399 e. The molecule has 0 aliphatic rings. The fraction of sp³-hybridized carbons (Fsp3) is 0.462. The lowest BCUT2D eigenvalue weighted by Crippen LogP contribution is -2.40. The van der Waals surface area contributed by atoms with Crippen LogP contribution >= 0.6 is 0 Å². The Kier molecular flexibility index (Phi) is 4.52. The van der Waals surface area contributed by atoms with Crippen molar-refractivity contribution < 1.29 is 9.90 Å². The van der Waals surface area contributed by atoms with Crippen molar-refractivity contribution in [1.82, 2.24) is 5.32 Å². The molecule has 0 radical (unpaired) electrons. The zero-order chi connectivity index (χ0) is 12.9. The largest absolute Gasteiger partial charge is 0.399 e. The van der Waals surface area contributed by atoms with Gasteiger partial charge in [0.25, 0.3) is 0 Å². The molecule has 0 spiro atoms. The van der Waals surface area contributed by atoms with Crippen LogP contribution in [0.5, 0.6) is 0 Å². The molecule has 0 unspecified atom stereocenters. The van der Waals surface area contributed by atoms with Crippen LogP contribution in [0.15, 0.2) is 24.3 Å². The van der Waals surface area contributed by atoms with Crippen molar-refractivity contribution in [2.75, 3.05) is 18.9 Å². The summed E-state index contributed by atoms with van der Waals surface area (Å²) >= 11 is 0. The Balaban J connectivity index is 2.72. The van der Waals surface area contributed by atoms with Crippen molar-refractivity contribution in [3.05, 3.63) is 29.8 Å². The van der Waals surface area contributed by atoms with Gasteiger partial charge in [0.2, 0.25) is 5.91 Å². The third-order valence-corrected chi connectivity index (χ3v) is 2.82. The van der Waals surface area contributed by atoms with Crippen molar-refractivity contribution in [3.63, 3.8) is 0 Å². The second-order valence-electron chi connectivity index (χ2n) is 4.58. The summed E-state index contributed by atoms with van der Waals surface area (Å²) in [5.41, 5.74) is 6.63. The summed E-state index contributed by atoms with van der Waals surface area (Å²) in [6, 6.07) is 7.30. The molecule has 0 aliphatic carbocycles. The van der Waals surface area contributed by atoms with Crippen molar-refractivity contribution in [2.45, 2.75) is 25.7 Å². The first kappa shape index (κ1) is 13.5. The number of carbonyl (C=O) groups excluding carboxylic acids is 1. The molecule has 0 saturated heterocycles. The van der Waals surface area contributed by atoms with E-state index in [0.29, 0.717) is 18.7 Å². The number of anilines is 1. The summed E-state index contributed by atoms with van der Waals surface area (Å²) in [4.78, 5) is 12.0. The lowest BCUT2D eigenvalue weighted by molar-refractivity contribution is -0.125. The molecule has 1 aromatic rings. The summed E-state index contributed by atoms with van der Waals surface area (Å²) in [5, 5.41) is 11.5. The fourth-order valence-electron chi connectivity index (χ4n) is 1.53. The summed E-state index contributed by atoms with van der Waals surface area (Å²) < 4.78 is 0. The zero-order valence-corrected chi connectivity index (χ0v) is 10.4. The number of aliphatic hydroxyl groups excluding tert-OH is 1. The van der Waals surface area contributed by atoms with Gasteiger partial charge in [-0.25, -0.2) is 0 Å². The van der Waals surface area contributed by atoms with Gasteiger partial charge in [-0.05, 0) is 38.0 Å². The van der Waals surface area contributed by atoms with Gasteiger partial charge in [0.1, 0.15) is 0 Å². The highest BCUT2D eigenvalue weighted by Gasteiger charge is 2.29. The maximum absolute atomic E-state index is 12.0. The first-order chi connectivity index (χ1) is 7.98. The maximum Gasteiger partial charge on any atom is 0.230 e. The van der Waals surface area contributed by atoms with Gasteiger partial charge in [-0.15, -0.1) is 0 Å². The van der Waals surface area contributed by atoms with Crippen LogP contribution in [0.1, 0.15) is 25.8 Å². The van der Waals surface area contributed by atoms with Crippen LogP contribution in [-0.4, -0.2) is 24.2 Å². The second-order valence-corrected chi connectivity index (χ2v) is 4.58. The minimum absolute atomic E-state index is 0.0456. The van der Waals surface area contributed by atoms with Gasteiger partial charge in [0, 0.05) is 18.8 Å². The van der Waals surface area contributed by atoms with Crippen LogP contribution in [0.25, 0.3) is 0 Å². The lowest BCUT2D eigenvalue weighted by atomic mass is 9.83. The molecule has 0 bridgehead atoms. The molecular formula is C13H20N2O2.